The molecule has 0 bridgehead atoms. The number of hydrogen-bond donors (Lipinski definition) is 1. The second-order valence-corrected chi connectivity index (χ2v) is 4.19. The molecule has 0 saturated carbocycles. The Morgan fingerprint density at radius 2 is 1.89 bits per heavy atom. The fourth-order valence-corrected chi connectivity index (χ4v) is 1.81. The third kappa shape index (κ3) is 3.01. The Hall–Kier alpha value is -2.11. The van der Waals surface area contributed by atoms with Crippen LogP contribution in [0, 0.1) is 10.1 Å². The first-order valence-electron chi connectivity index (χ1n) is 5.51. The Morgan fingerprint density at radius 3 is 2.47 bits per heavy atom. The average molecular weight is 279 g/mol. The number of benzene rings is 2. The molecule has 2 aromatic carbocycles. The van der Waals surface area contributed by atoms with Crippen molar-refractivity contribution in [3.63, 3.8) is 0 Å². The van der Waals surface area contributed by atoms with Crippen molar-refractivity contribution in [1.29, 1.82) is 0 Å². The van der Waals surface area contributed by atoms with Crippen LogP contribution in [0.2, 0.25) is 5.02 Å². The minimum atomic E-state index is -0.468. The Balaban J connectivity index is 2.28. The molecule has 2 N–H and O–H groups in total. The van der Waals surface area contributed by atoms with E-state index in [0.29, 0.717) is 23.1 Å². The lowest BCUT2D eigenvalue weighted by Gasteiger charge is -2.11. The van der Waals surface area contributed by atoms with E-state index in [1.165, 1.54) is 24.3 Å². The van der Waals surface area contributed by atoms with Gasteiger partial charge >= 0.3 is 0 Å². The number of nitro benzene ring substituents is 1. The monoisotopic (exact) mass is 278 g/mol. The molecule has 2 aromatic rings. The van der Waals surface area contributed by atoms with Gasteiger partial charge in [-0.25, -0.2) is 0 Å². The summed E-state index contributed by atoms with van der Waals surface area (Å²) in [4.78, 5) is 10.1. The van der Waals surface area contributed by atoms with Crippen LogP contribution >= 0.6 is 11.6 Å². The quantitative estimate of drug-likeness (QED) is 0.686. The van der Waals surface area contributed by atoms with Gasteiger partial charge in [-0.2, -0.15) is 0 Å². The minimum absolute atomic E-state index is 0.00515. The molecule has 2 rings (SSSR count). The summed E-state index contributed by atoms with van der Waals surface area (Å²) in [5.41, 5.74) is 6.38. The second-order valence-electron chi connectivity index (χ2n) is 3.79. The van der Waals surface area contributed by atoms with E-state index in [2.05, 4.69) is 0 Å². The number of non-ortho nitro benzene ring substituents is 1. The Bertz CT molecular complexity index is 599. The van der Waals surface area contributed by atoms with Gasteiger partial charge in [-0.1, -0.05) is 23.7 Å². The van der Waals surface area contributed by atoms with Gasteiger partial charge in [-0.15, -0.1) is 0 Å². The average Bonchev–Trinajstić information content (AvgIpc) is 2.41. The Morgan fingerprint density at radius 1 is 1.21 bits per heavy atom. The summed E-state index contributed by atoms with van der Waals surface area (Å²) in [6, 6.07) is 11.1. The topological polar surface area (TPSA) is 78.4 Å². The summed E-state index contributed by atoms with van der Waals surface area (Å²) in [5.74, 6) is 0.939. The molecule has 98 valence electrons. The first-order valence-corrected chi connectivity index (χ1v) is 5.89. The van der Waals surface area contributed by atoms with E-state index in [9.17, 15) is 10.1 Å². The lowest BCUT2D eigenvalue weighted by atomic mass is 10.2. The van der Waals surface area contributed by atoms with Crippen LogP contribution in [-0.4, -0.2) is 4.92 Å². The molecule has 0 heterocycles. The zero-order valence-electron chi connectivity index (χ0n) is 9.88. The van der Waals surface area contributed by atoms with Crippen molar-refractivity contribution in [2.75, 3.05) is 0 Å². The summed E-state index contributed by atoms with van der Waals surface area (Å²) >= 11 is 6.05. The lowest BCUT2D eigenvalue weighted by molar-refractivity contribution is -0.384. The van der Waals surface area contributed by atoms with Gasteiger partial charge in [0.25, 0.3) is 5.69 Å². The van der Waals surface area contributed by atoms with Gasteiger partial charge in [-0.05, 0) is 18.2 Å². The maximum Gasteiger partial charge on any atom is 0.269 e. The SMILES string of the molecule is NCc1cccc(Cl)c1Oc1ccc([N+](=O)[O-])cc1. The van der Waals surface area contributed by atoms with E-state index in [4.69, 9.17) is 22.1 Å². The van der Waals surface area contributed by atoms with E-state index < -0.39 is 4.92 Å². The third-order valence-corrected chi connectivity index (χ3v) is 2.83. The Kier molecular flexibility index (Phi) is 3.99. The Labute approximate surface area is 114 Å². The van der Waals surface area contributed by atoms with Crippen molar-refractivity contribution in [3.8, 4) is 11.5 Å². The van der Waals surface area contributed by atoms with E-state index in [1.54, 1.807) is 12.1 Å². The number of para-hydroxylation sites is 1. The van der Waals surface area contributed by atoms with Gasteiger partial charge in [0.2, 0.25) is 0 Å². The molecule has 0 amide bonds. The first kappa shape index (κ1) is 13.3. The summed E-state index contributed by atoms with van der Waals surface area (Å²) in [7, 11) is 0. The molecule has 0 spiro atoms. The van der Waals surface area contributed by atoms with Crippen LogP contribution in [0.15, 0.2) is 42.5 Å². The predicted molar refractivity (Wildman–Crippen MR) is 72.5 cm³/mol. The zero-order chi connectivity index (χ0) is 13.8. The second kappa shape index (κ2) is 5.69. The molecule has 5 nitrogen and oxygen atoms in total. The number of nitro groups is 1. The summed E-state index contributed by atoms with van der Waals surface area (Å²) in [5, 5.41) is 11.0. The number of ether oxygens (including phenoxy) is 1. The van der Waals surface area contributed by atoms with Crippen molar-refractivity contribution in [1.82, 2.24) is 0 Å². The van der Waals surface area contributed by atoms with Crippen molar-refractivity contribution in [2.45, 2.75) is 6.54 Å². The van der Waals surface area contributed by atoms with Crippen molar-refractivity contribution in [2.24, 2.45) is 5.73 Å². The molecular weight excluding hydrogens is 268 g/mol. The molecule has 0 fully saturated rings. The number of nitrogens with two attached hydrogens (primary N) is 1. The molecule has 0 unspecified atom stereocenters. The summed E-state index contributed by atoms with van der Waals surface area (Å²) < 4.78 is 5.63. The van der Waals surface area contributed by atoms with Gasteiger partial charge in [0, 0.05) is 24.2 Å². The molecule has 0 aliphatic carbocycles. The van der Waals surface area contributed by atoms with E-state index in [0.717, 1.165) is 5.56 Å². The van der Waals surface area contributed by atoms with Crippen LogP contribution in [0.4, 0.5) is 5.69 Å². The highest BCUT2D eigenvalue weighted by molar-refractivity contribution is 6.32. The number of halogens is 1. The van der Waals surface area contributed by atoms with Crippen molar-refractivity contribution < 1.29 is 9.66 Å². The lowest BCUT2D eigenvalue weighted by Crippen LogP contribution is -1.99. The molecule has 0 aromatic heterocycles. The van der Waals surface area contributed by atoms with Crippen LogP contribution in [0.3, 0.4) is 0 Å². The smallest absolute Gasteiger partial charge is 0.269 e. The molecule has 0 atom stereocenters. The fourth-order valence-electron chi connectivity index (χ4n) is 1.58. The highest BCUT2D eigenvalue weighted by Crippen LogP contribution is 2.33. The van der Waals surface area contributed by atoms with Crippen LogP contribution in [-0.2, 0) is 6.54 Å². The van der Waals surface area contributed by atoms with E-state index in [1.807, 2.05) is 6.07 Å². The molecule has 0 aliphatic heterocycles. The molecule has 19 heavy (non-hydrogen) atoms. The molecular formula is C13H11ClN2O3. The van der Waals surface area contributed by atoms with Gasteiger partial charge in [0.15, 0.2) is 0 Å². The summed E-state index contributed by atoms with van der Waals surface area (Å²) in [6.45, 7) is 0.295. The zero-order valence-corrected chi connectivity index (χ0v) is 10.6. The number of nitrogens with zero attached hydrogens (tertiary/aromatic N) is 1. The number of hydrogen-bond acceptors (Lipinski definition) is 4. The molecule has 0 saturated heterocycles. The van der Waals surface area contributed by atoms with Gasteiger partial charge in [0.05, 0.1) is 9.95 Å². The van der Waals surface area contributed by atoms with Crippen molar-refractivity contribution >= 4 is 17.3 Å². The third-order valence-electron chi connectivity index (χ3n) is 2.54. The van der Waals surface area contributed by atoms with Gasteiger partial charge in [0.1, 0.15) is 11.5 Å². The van der Waals surface area contributed by atoms with Crippen LogP contribution in [0.5, 0.6) is 11.5 Å². The predicted octanol–water partition coefficient (Wildman–Crippen LogP) is 3.50. The van der Waals surface area contributed by atoms with Crippen LogP contribution in [0.1, 0.15) is 5.56 Å². The fraction of sp³-hybridized carbons (Fsp3) is 0.0769. The standard InChI is InChI=1S/C13H11ClN2O3/c14-12-3-1-2-9(8-15)13(12)19-11-6-4-10(5-7-11)16(17)18/h1-7H,8,15H2. The number of rotatable bonds is 4. The maximum absolute atomic E-state index is 10.6. The molecule has 6 heteroatoms. The highest BCUT2D eigenvalue weighted by atomic mass is 35.5. The van der Waals surface area contributed by atoms with Gasteiger partial charge < -0.3 is 10.5 Å². The van der Waals surface area contributed by atoms with E-state index in [-0.39, 0.29) is 5.69 Å². The van der Waals surface area contributed by atoms with Crippen molar-refractivity contribution in [3.05, 3.63) is 63.2 Å². The highest BCUT2D eigenvalue weighted by Gasteiger charge is 2.10. The van der Waals surface area contributed by atoms with Crippen LogP contribution in [0.25, 0.3) is 0 Å². The molecule has 0 radical (unpaired) electrons. The van der Waals surface area contributed by atoms with Gasteiger partial charge in [-0.3, -0.25) is 10.1 Å². The van der Waals surface area contributed by atoms with Crippen LogP contribution < -0.4 is 10.5 Å². The normalized spacial score (nSPS) is 10.2. The maximum atomic E-state index is 10.6. The molecule has 0 aliphatic rings. The summed E-state index contributed by atoms with van der Waals surface area (Å²) in [6.07, 6.45) is 0. The largest absolute Gasteiger partial charge is 0.455 e. The minimum Gasteiger partial charge on any atom is -0.455 e. The van der Waals surface area contributed by atoms with E-state index >= 15 is 0 Å². The first-order chi connectivity index (χ1) is 9.11.